The van der Waals surface area contributed by atoms with Crippen molar-refractivity contribution in [3.05, 3.63) is 44.9 Å². The number of aromatic nitrogens is 1. The van der Waals surface area contributed by atoms with Gasteiger partial charge in [0.25, 0.3) is 5.91 Å². The van der Waals surface area contributed by atoms with Crippen LogP contribution in [0.5, 0.6) is 0 Å². The van der Waals surface area contributed by atoms with E-state index in [2.05, 4.69) is 0 Å². The first-order valence-corrected chi connectivity index (χ1v) is 9.79. The third-order valence-electron chi connectivity index (χ3n) is 4.61. The van der Waals surface area contributed by atoms with E-state index in [0.717, 1.165) is 0 Å². The van der Waals surface area contributed by atoms with Crippen molar-refractivity contribution in [2.45, 2.75) is 40.7 Å². The number of carbonyl (C=O) groups is 3. The molecule has 0 aromatic carbocycles. The highest BCUT2D eigenvalue weighted by Gasteiger charge is 2.29. The zero-order valence-electron chi connectivity index (χ0n) is 16.7. The summed E-state index contributed by atoms with van der Waals surface area (Å²) in [6.45, 7) is 9.27. The van der Waals surface area contributed by atoms with Crippen LogP contribution in [0, 0.1) is 13.8 Å². The van der Waals surface area contributed by atoms with Crippen LogP contribution in [0.15, 0.2) is 17.5 Å². The Kier molecular flexibility index (Phi) is 6.59. The van der Waals surface area contributed by atoms with Crippen molar-refractivity contribution in [3.63, 3.8) is 0 Å². The molecule has 0 aliphatic rings. The van der Waals surface area contributed by atoms with Crippen LogP contribution in [0.1, 0.15) is 62.5 Å². The molecule has 2 aromatic heterocycles. The van der Waals surface area contributed by atoms with Crippen molar-refractivity contribution in [2.24, 2.45) is 7.05 Å². The second-order valence-electron chi connectivity index (χ2n) is 6.64. The number of esters is 1. The molecule has 0 saturated heterocycles. The topological polar surface area (TPSA) is 68.6 Å². The van der Waals surface area contributed by atoms with Crippen LogP contribution < -0.4 is 0 Å². The third kappa shape index (κ3) is 4.13. The minimum Gasteiger partial charge on any atom is -0.461 e. The van der Waals surface area contributed by atoms with Crippen molar-refractivity contribution < 1.29 is 19.1 Å². The van der Waals surface area contributed by atoms with Gasteiger partial charge in [-0.05, 0) is 51.6 Å². The molecular formula is C20H26N2O4S. The monoisotopic (exact) mass is 390 g/mol. The first-order valence-electron chi connectivity index (χ1n) is 8.91. The average molecular weight is 391 g/mol. The molecule has 0 saturated carbocycles. The molecule has 0 N–H and O–H groups in total. The van der Waals surface area contributed by atoms with Crippen LogP contribution in [-0.4, -0.2) is 46.3 Å². The molecule has 2 rings (SSSR count). The normalized spacial score (nSPS) is 10.9. The number of Topliss-reactive ketones (excluding diaryl/α,β-unsaturated/α-hetero) is 1. The van der Waals surface area contributed by atoms with Gasteiger partial charge < -0.3 is 14.2 Å². The summed E-state index contributed by atoms with van der Waals surface area (Å²) < 4.78 is 6.79. The first-order chi connectivity index (χ1) is 12.7. The summed E-state index contributed by atoms with van der Waals surface area (Å²) in [5, 5.41) is 1.84. The average Bonchev–Trinajstić information content (AvgIpc) is 3.20. The second kappa shape index (κ2) is 8.52. The molecule has 0 aliphatic carbocycles. The smallest absolute Gasteiger partial charge is 0.355 e. The van der Waals surface area contributed by atoms with Gasteiger partial charge in [-0.1, -0.05) is 6.07 Å². The SMILES string of the molecule is CCOC(=O)c1c(C)c(C(=O)CN(C(=O)c2cccs2)C(C)C)c(C)n1C. The molecule has 0 fully saturated rings. The highest BCUT2D eigenvalue weighted by atomic mass is 32.1. The van der Waals surface area contributed by atoms with Crippen LogP contribution in [0.3, 0.4) is 0 Å². The lowest BCUT2D eigenvalue weighted by molar-refractivity contribution is 0.0513. The Morgan fingerprint density at radius 1 is 1.26 bits per heavy atom. The van der Waals surface area contributed by atoms with Crippen molar-refractivity contribution in [1.82, 2.24) is 9.47 Å². The molecule has 0 bridgehead atoms. The van der Waals surface area contributed by atoms with Crippen LogP contribution in [-0.2, 0) is 11.8 Å². The Hall–Kier alpha value is -2.41. The number of ketones is 1. The van der Waals surface area contributed by atoms with Crippen molar-refractivity contribution >= 4 is 29.0 Å². The van der Waals surface area contributed by atoms with Gasteiger partial charge in [-0.25, -0.2) is 4.79 Å². The van der Waals surface area contributed by atoms with Crippen LogP contribution in [0.2, 0.25) is 0 Å². The summed E-state index contributed by atoms with van der Waals surface area (Å²) in [4.78, 5) is 40.2. The molecule has 0 radical (unpaired) electrons. The van der Waals surface area contributed by atoms with E-state index in [9.17, 15) is 14.4 Å². The lowest BCUT2D eigenvalue weighted by Crippen LogP contribution is -2.40. The Balaban J connectivity index is 2.35. The van der Waals surface area contributed by atoms with Crippen molar-refractivity contribution in [1.29, 1.82) is 0 Å². The predicted molar refractivity (Wildman–Crippen MR) is 106 cm³/mol. The highest BCUT2D eigenvalue weighted by Crippen LogP contribution is 2.24. The van der Waals surface area contributed by atoms with Gasteiger partial charge in [0.15, 0.2) is 5.78 Å². The number of rotatable bonds is 7. The lowest BCUT2D eigenvalue weighted by Gasteiger charge is -2.25. The van der Waals surface area contributed by atoms with Crippen LogP contribution in [0.25, 0.3) is 0 Å². The second-order valence-corrected chi connectivity index (χ2v) is 7.59. The largest absolute Gasteiger partial charge is 0.461 e. The van der Waals surface area contributed by atoms with Gasteiger partial charge in [-0.3, -0.25) is 9.59 Å². The number of amides is 1. The van der Waals surface area contributed by atoms with Gasteiger partial charge in [0.1, 0.15) is 5.69 Å². The van der Waals surface area contributed by atoms with E-state index in [0.29, 0.717) is 27.4 Å². The van der Waals surface area contributed by atoms with Crippen LogP contribution >= 0.6 is 11.3 Å². The molecular weight excluding hydrogens is 364 g/mol. The number of nitrogens with zero attached hydrogens (tertiary/aromatic N) is 2. The van der Waals surface area contributed by atoms with E-state index in [-0.39, 0.29) is 30.9 Å². The summed E-state index contributed by atoms with van der Waals surface area (Å²) in [5.41, 5.74) is 2.13. The first kappa shape index (κ1) is 20.9. The molecule has 146 valence electrons. The number of hydrogen-bond acceptors (Lipinski definition) is 5. The molecule has 0 aliphatic heterocycles. The van der Waals surface area contributed by atoms with Gasteiger partial charge >= 0.3 is 5.97 Å². The van der Waals surface area contributed by atoms with E-state index in [1.807, 2.05) is 25.3 Å². The minimum atomic E-state index is -0.449. The lowest BCUT2D eigenvalue weighted by atomic mass is 10.0. The van der Waals surface area contributed by atoms with Crippen LogP contribution in [0.4, 0.5) is 0 Å². The quantitative estimate of drug-likeness (QED) is 0.535. The molecule has 2 heterocycles. The summed E-state index contributed by atoms with van der Waals surface area (Å²) in [6.07, 6.45) is 0. The summed E-state index contributed by atoms with van der Waals surface area (Å²) in [5.74, 6) is -0.796. The third-order valence-corrected chi connectivity index (χ3v) is 5.47. The van der Waals surface area contributed by atoms with E-state index in [1.54, 1.807) is 43.4 Å². The Bertz CT molecular complexity index is 850. The fourth-order valence-electron chi connectivity index (χ4n) is 3.14. The predicted octanol–water partition coefficient (Wildman–Crippen LogP) is 3.61. The summed E-state index contributed by atoms with van der Waals surface area (Å²) in [6, 6.07) is 3.44. The molecule has 2 aromatic rings. The maximum Gasteiger partial charge on any atom is 0.355 e. The van der Waals surface area contributed by atoms with E-state index in [1.165, 1.54) is 11.3 Å². The Morgan fingerprint density at radius 3 is 2.44 bits per heavy atom. The fraction of sp³-hybridized carbons (Fsp3) is 0.450. The number of carbonyl (C=O) groups excluding carboxylic acids is 3. The van der Waals surface area contributed by atoms with E-state index in [4.69, 9.17) is 4.74 Å². The summed E-state index contributed by atoms with van der Waals surface area (Å²) >= 11 is 1.35. The van der Waals surface area contributed by atoms with E-state index >= 15 is 0 Å². The van der Waals surface area contributed by atoms with Gasteiger partial charge in [0, 0.05) is 24.3 Å². The maximum atomic E-state index is 13.1. The highest BCUT2D eigenvalue weighted by molar-refractivity contribution is 7.12. The van der Waals surface area contributed by atoms with E-state index < -0.39 is 5.97 Å². The molecule has 6 nitrogen and oxygen atoms in total. The fourth-order valence-corrected chi connectivity index (χ4v) is 3.82. The van der Waals surface area contributed by atoms with Gasteiger partial charge in [0.2, 0.25) is 0 Å². The van der Waals surface area contributed by atoms with Crippen molar-refractivity contribution in [2.75, 3.05) is 13.2 Å². The number of thiophene rings is 1. The van der Waals surface area contributed by atoms with Crippen molar-refractivity contribution in [3.8, 4) is 0 Å². The van der Waals surface area contributed by atoms with Gasteiger partial charge in [-0.2, -0.15) is 0 Å². The maximum absolute atomic E-state index is 13.1. The zero-order chi connectivity index (χ0) is 20.3. The molecule has 0 atom stereocenters. The Labute approximate surface area is 163 Å². The molecule has 27 heavy (non-hydrogen) atoms. The molecule has 0 unspecified atom stereocenters. The molecule has 0 spiro atoms. The number of ether oxygens (including phenoxy) is 1. The Morgan fingerprint density at radius 2 is 1.93 bits per heavy atom. The molecule has 1 amide bonds. The summed E-state index contributed by atoms with van der Waals surface area (Å²) in [7, 11) is 1.74. The van der Waals surface area contributed by atoms with Gasteiger partial charge in [-0.15, -0.1) is 11.3 Å². The molecule has 7 heteroatoms. The zero-order valence-corrected chi connectivity index (χ0v) is 17.5. The standard InChI is InChI=1S/C20H26N2O4S/c1-7-26-20(25)18-13(4)17(14(5)21(18)6)15(23)11-22(12(2)3)19(24)16-9-8-10-27-16/h8-10,12H,7,11H2,1-6H3. The minimum absolute atomic E-state index is 0.0393. The number of hydrogen-bond donors (Lipinski definition) is 0. The van der Waals surface area contributed by atoms with Gasteiger partial charge in [0.05, 0.1) is 18.0 Å².